The maximum atomic E-state index is 11.5. The van der Waals surface area contributed by atoms with Crippen molar-refractivity contribution < 1.29 is 9.59 Å². The number of carbonyl (C=O) groups excluding carboxylic acids is 2. The molecule has 0 spiro atoms. The van der Waals surface area contributed by atoms with Crippen LogP contribution in [0.15, 0.2) is 18.3 Å². The second-order valence-electron chi connectivity index (χ2n) is 3.18. The summed E-state index contributed by atoms with van der Waals surface area (Å²) < 4.78 is 0. The largest absolute Gasteiger partial charge is 0.355 e. The van der Waals surface area contributed by atoms with Crippen LogP contribution in [0.1, 0.15) is 23.0 Å². The Labute approximate surface area is 98.7 Å². The monoisotopic (exact) mass is 232 g/mol. The van der Waals surface area contributed by atoms with Crippen molar-refractivity contribution in [3.63, 3.8) is 0 Å². The van der Waals surface area contributed by atoms with Gasteiger partial charge in [-0.05, 0) is 19.1 Å². The van der Waals surface area contributed by atoms with E-state index in [0.717, 1.165) is 0 Å². The van der Waals surface area contributed by atoms with Gasteiger partial charge < -0.3 is 10.6 Å². The number of aromatic nitrogens is 1. The van der Waals surface area contributed by atoms with Gasteiger partial charge in [0.15, 0.2) is 0 Å². The van der Waals surface area contributed by atoms with Crippen LogP contribution in [0.3, 0.4) is 0 Å². The van der Waals surface area contributed by atoms with Gasteiger partial charge in [-0.25, -0.2) is 4.98 Å². The topological polar surface area (TPSA) is 94.9 Å². The van der Waals surface area contributed by atoms with E-state index >= 15 is 0 Å². The third-order valence-electron chi connectivity index (χ3n) is 1.91. The van der Waals surface area contributed by atoms with Crippen molar-refractivity contribution in [2.45, 2.75) is 6.92 Å². The number of nitrogens with zero attached hydrogens (tertiary/aromatic N) is 2. The summed E-state index contributed by atoms with van der Waals surface area (Å²) in [6.07, 6.45) is 1.31. The van der Waals surface area contributed by atoms with Crippen molar-refractivity contribution in [2.24, 2.45) is 0 Å². The van der Waals surface area contributed by atoms with Crippen LogP contribution in [0.25, 0.3) is 0 Å². The molecule has 0 bridgehead atoms. The number of nitrogens with one attached hydrogen (secondary N) is 2. The first-order valence-electron chi connectivity index (χ1n) is 5.08. The summed E-state index contributed by atoms with van der Waals surface area (Å²) in [6.45, 7) is 2.22. The van der Waals surface area contributed by atoms with Crippen molar-refractivity contribution in [1.82, 2.24) is 15.6 Å². The molecule has 6 heteroatoms. The predicted octanol–water partition coefficient (Wildman–Crippen LogP) is -0.181. The van der Waals surface area contributed by atoms with E-state index in [4.69, 9.17) is 5.26 Å². The minimum absolute atomic E-state index is 0.0889. The molecule has 2 N–H and O–H groups in total. The van der Waals surface area contributed by atoms with Gasteiger partial charge in [-0.1, -0.05) is 0 Å². The van der Waals surface area contributed by atoms with Gasteiger partial charge in [-0.2, -0.15) is 5.26 Å². The number of pyridine rings is 1. The fourth-order valence-electron chi connectivity index (χ4n) is 1.11. The Hall–Kier alpha value is -2.42. The first kappa shape index (κ1) is 12.6. The summed E-state index contributed by atoms with van der Waals surface area (Å²) in [4.78, 5) is 26.4. The lowest BCUT2D eigenvalue weighted by Gasteiger charge is -2.04. The smallest absolute Gasteiger partial charge is 0.270 e. The summed E-state index contributed by atoms with van der Waals surface area (Å²) in [6, 6.07) is 4.83. The lowest BCUT2D eigenvalue weighted by molar-refractivity contribution is -0.120. The molecule has 0 aromatic carbocycles. The summed E-state index contributed by atoms with van der Waals surface area (Å²) in [5.41, 5.74) is 0.554. The number of nitriles is 1. The Balaban J connectivity index is 2.52. The average Bonchev–Trinajstić information content (AvgIpc) is 2.36. The maximum Gasteiger partial charge on any atom is 0.270 e. The molecule has 1 aromatic heterocycles. The lowest BCUT2D eigenvalue weighted by Crippen LogP contribution is -2.37. The van der Waals surface area contributed by atoms with E-state index in [0.29, 0.717) is 12.1 Å². The first-order valence-corrected chi connectivity index (χ1v) is 5.08. The van der Waals surface area contributed by atoms with Gasteiger partial charge in [0.2, 0.25) is 5.91 Å². The maximum absolute atomic E-state index is 11.5. The quantitative estimate of drug-likeness (QED) is 0.752. The molecule has 0 saturated heterocycles. The third-order valence-corrected chi connectivity index (χ3v) is 1.91. The van der Waals surface area contributed by atoms with Gasteiger partial charge in [-0.3, -0.25) is 9.59 Å². The number of rotatable bonds is 4. The van der Waals surface area contributed by atoms with E-state index < -0.39 is 5.91 Å². The van der Waals surface area contributed by atoms with Gasteiger partial charge in [0.1, 0.15) is 11.8 Å². The normalized spacial score (nSPS) is 9.18. The molecule has 0 atom stereocenters. The standard InChI is InChI=1S/C11H12N4O2/c1-2-13-10(16)7-15-11(17)9-4-3-8(5-12)6-14-9/h3-4,6H,2,7H2,1H3,(H,13,16)(H,15,17). The first-order chi connectivity index (χ1) is 8.17. The summed E-state index contributed by atoms with van der Waals surface area (Å²) in [5, 5.41) is 13.5. The van der Waals surface area contributed by atoms with E-state index in [2.05, 4.69) is 15.6 Å². The molecule has 1 aromatic rings. The van der Waals surface area contributed by atoms with E-state index in [1.54, 1.807) is 6.92 Å². The van der Waals surface area contributed by atoms with Gasteiger partial charge in [0, 0.05) is 12.7 Å². The second kappa shape index (κ2) is 6.23. The summed E-state index contributed by atoms with van der Waals surface area (Å²) in [5.74, 6) is -0.699. The molecule has 2 amide bonds. The van der Waals surface area contributed by atoms with Crippen LogP contribution in [0.2, 0.25) is 0 Å². The highest BCUT2D eigenvalue weighted by Crippen LogP contribution is 1.98. The highest BCUT2D eigenvalue weighted by Gasteiger charge is 2.08. The van der Waals surface area contributed by atoms with Crippen molar-refractivity contribution in [2.75, 3.05) is 13.1 Å². The molecule has 88 valence electrons. The zero-order valence-corrected chi connectivity index (χ0v) is 9.36. The zero-order chi connectivity index (χ0) is 12.7. The Morgan fingerprint density at radius 1 is 1.41 bits per heavy atom. The van der Waals surface area contributed by atoms with Crippen LogP contribution in [0.4, 0.5) is 0 Å². The number of amides is 2. The zero-order valence-electron chi connectivity index (χ0n) is 9.36. The van der Waals surface area contributed by atoms with Crippen molar-refractivity contribution in [3.8, 4) is 6.07 Å². The molecular weight excluding hydrogens is 220 g/mol. The van der Waals surface area contributed by atoms with E-state index in [9.17, 15) is 9.59 Å². The van der Waals surface area contributed by atoms with E-state index in [1.807, 2.05) is 6.07 Å². The molecule has 0 aliphatic rings. The molecule has 0 aliphatic heterocycles. The van der Waals surface area contributed by atoms with Crippen molar-refractivity contribution in [3.05, 3.63) is 29.6 Å². The molecule has 0 unspecified atom stereocenters. The van der Waals surface area contributed by atoms with Gasteiger partial charge >= 0.3 is 0 Å². The predicted molar refractivity (Wildman–Crippen MR) is 60.0 cm³/mol. The third kappa shape index (κ3) is 3.91. The summed E-state index contributed by atoms with van der Waals surface area (Å²) >= 11 is 0. The van der Waals surface area contributed by atoms with E-state index in [1.165, 1.54) is 18.3 Å². The van der Waals surface area contributed by atoms with Crippen molar-refractivity contribution >= 4 is 11.8 Å². The molecular formula is C11H12N4O2. The van der Waals surface area contributed by atoms with E-state index in [-0.39, 0.29) is 18.1 Å². The van der Waals surface area contributed by atoms with Gasteiger partial charge in [-0.15, -0.1) is 0 Å². The fourth-order valence-corrected chi connectivity index (χ4v) is 1.11. The van der Waals surface area contributed by atoms with Gasteiger partial charge in [0.05, 0.1) is 12.1 Å². The number of hydrogen-bond acceptors (Lipinski definition) is 4. The number of likely N-dealkylation sites (N-methyl/N-ethyl adjacent to an activating group) is 1. The molecule has 0 aliphatic carbocycles. The molecule has 1 rings (SSSR count). The average molecular weight is 232 g/mol. The highest BCUT2D eigenvalue weighted by molar-refractivity contribution is 5.94. The van der Waals surface area contributed by atoms with Crippen LogP contribution in [-0.2, 0) is 4.79 Å². The second-order valence-corrected chi connectivity index (χ2v) is 3.18. The Bertz CT molecular complexity index is 448. The molecule has 1 heterocycles. The minimum atomic E-state index is -0.444. The Kier molecular flexibility index (Phi) is 4.63. The van der Waals surface area contributed by atoms with Crippen LogP contribution in [0, 0.1) is 11.3 Å². The highest BCUT2D eigenvalue weighted by atomic mass is 16.2. The minimum Gasteiger partial charge on any atom is -0.355 e. The fraction of sp³-hybridized carbons (Fsp3) is 0.273. The molecule has 0 saturated carbocycles. The summed E-state index contributed by atoms with van der Waals surface area (Å²) in [7, 11) is 0. The van der Waals surface area contributed by atoms with Crippen molar-refractivity contribution in [1.29, 1.82) is 5.26 Å². The number of hydrogen-bond donors (Lipinski definition) is 2. The Morgan fingerprint density at radius 2 is 2.18 bits per heavy atom. The van der Waals surface area contributed by atoms with Crippen LogP contribution in [-0.4, -0.2) is 29.9 Å². The Morgan fingerprint density at radius 3 is 2.71 bits per heavy atom. The number of carbonyl (C=O) groups is 2. The van der Waals surface area contributed by atoms with Crippen LogP contribution in [0.5, 0.6) is 0 Å². The molecule has 0 fully saturated rings. The van der Waals surface area contributed by atoms with Gasteiger partial charge in [0.25, 0.3) is 5.91 Å². The van der Waals surface area contributed by atoms with Crippen LogP contribution >= 0.6 is 0 Å². The molecule has 0 radical (unpaired) electrons. The molecule has 17 heavy (non-hydrogen) atoms. The molecule has 6 nitrogen and oxygen atoms in total. The SMILES string of the molecule is CCNC(=O)CNC(=O)c1ccc(C#N)cn1. The van der Waals surface area contributed by atoms with Crippen LogP contribution < -0.4 is 10.6 Å². The lowest BCUT2D eigenvalue weighted by atomic mass is 10.2.